The van der Waals surface area contributed by atoms with E-state index in [1.54, 1.807) is 0 Å². The maximum absolute atomic E-state index is 5.79. The van der Waals surface area contributed by atoms with Crippen LogP contribution in [0.1, 0.15) is 94.4 Å². The van der Waals surface area contributed by atoms with E-state index in [0.717, 1.165) is 25.7 Å². The summed E-state index contributed by atoms with van der Waals surface area (Å²) in [5, 5.41) is 0. The minimum Gasteiger partial charge on any atom is -0.230 e. The monoisotopic (exact) mass is 362 g/mol. The van der Waals surface area contributed by atoms with Gasteiger partial charge in [-0.05, 0) is 74.7 Å². The van der Waals surface area contributed by atoms with Gasteiger partial charge in [0.05, 0.1) is 16.8 Å². The molecular weight excluding hydrogens is 324 g/mol. The molecule has 1 saturated carbocycles. The first-order valence-corrected chi connectivity index (χ1v) is 9.37. The standard InChI is InChI=1S/C19H38O6/c1-10-18(8,9)23-20-15-13-11-12-14-19(15,24-21-16(2,3)4)25-22-17(5,6)7/h15H,10-14H2,1-9H3. The summed E-state index contributed by atoms with van der Waals surface area (Å²) in [7, 11) is 0. The fourth-order valence-electron chi connectivity index (χ4n) is 2.05. The summed E-state index contributed by atoms with van der Waals surface area (Å²) >= 11 is 0. The molecule has 0 radical (unpaired) electrons. The maximum atomic E-state index is 5.79. The zero-order valence-electron chi connectivity index (χ0n) is 17.6. The molecule has 0 aliphatic heterocycles. The zero-order valence-corrected chi connectivity index (χ0v) is 17.6. The number of rotatable bonds is 8. The zero-order chi connectivity index (χ0) is 19.4. The molecule has 1 atom stereocenters. The van der Waals surface area contributed by atoms with Crippen LogP contribution in [0.5, 0.6) is 0 Å². The van der Waals surface area contributed by atoms with Crippen LogP contribution in [-0.4, -0.2) is 28.7 Å². The highest BCUT2D eigenvalue weighted by Crippen LogP contribution is 2.38. The first-order chi connectivity index (χ1) is 11.3. The molecule has 1 aliphatic carbocycles. The molecule has 1 aliphatic rings. The molecule has 0 heterocycles. The molecule has 0 saturated heterocycles. The Morgan fingerprint density at radius 1 is 0.800 bits per heavy atom. The molecule has 25 heavy (non-hydrogen) atoms. The molecule has 0 aromatic carbocycles. The van der Waals surface area contributed by atoms with E-state index in [1.807, 2.05) is 55.4 Å². The highest BCUT2D eigenvalue weighted by atomic mass is 17.3. The van der Waals surface area contributed by atoms with Gasteiger partial charge in [-0.25, -0.2) is 19.6 Å². The van der Waals surface area contributed by atoms with Crippen molar-refractivity contribution < 1.29 is 29.3 Å². The molecule has 1 unspecified atom stereocenters. The van der Waals surface area contributed by atoms with Crippen LogP contribution in [0.25, 0.3) is 0 Å². The first kappa shape index (κ1) is 22.8. The van der Waals surface area contributed by atoms with Crippen LogP contribution in [0.15, 0.2) is 0 Å². The average Bonchev–Trinajstić information content (AvgIpc) is 2.49. The topological polar surface area (TPSA) is 55.4 Å². The fourth-order valence-corrected chi connectivity index (χ4v) is 2.05. The van der Waals surface area contributed by atoms with E-state index >= 15 is 0 Å². The second-order valence-electron chi connectivity index (χ2n) is 9.40. The summed E-state index contributed by atoms with van der Waals surface area (Å²) in [5.41, 5.74) is -1.35. The predicted octanol–water partition coefficient (Wildman–Crippen LogP) is 5.26. The fraction of sp³-hybridized carbons (Fsp3) is 1.00. The van der Waals surface area contributed by atoms with Crippen LogP contribution < -0.4 is 0 Å². The summed E-state index contributed by atoms with van der Waals surface area (Å²) in [6.07, 6.45) is 3.64. The molecule has 0 bridgehead atoms. The second-order valence-corrected chi connectivity index (χ2v) is 9.40. The van der Waals surface area contributed by atoms with Gasteiger partial charge in [-0.2, -0.15) is 9.78 Å². The normalized spacial score (nSPS) is 22.2. The third-order valence-electron chi connectivity index (χ3n) is 3.84. The van der Waals surface area contributed by atoms with E-state index in [1.165, 1.54) is 0 Å². The summed E-state index contributed by atoms with van der Waals surface area (Å²) < 4.78 is 0. The SMILES string of the molecule is CCC(C)(C)OOC1CCCCC1(OOC(C)(C)C)OOC(C)(C)C. The van der Waals surface area contributed by atoms with Crippen LogP contribution in [0.2, 0.25) is 0 Å². The van der Waals surface area contributed by atoms with Crippen LogP contribution in [-0.2, 0) is 29.3 Å². The van der Waals surface area contributed by atoms with E-state index < -0.39 is 23.1 Å². The lowest BCUT2D eigenvalue weighted by molar-refractivity contribution is -0.576. The van der Waals surface area contributed by atoms with Gasteiger partial charge in [0, 0.05) is 6.42 Å². The summed E-state index contributed by atoms with van der Waals surface area (Å²) in [5.74, 6) is -1.16. The molecule has 150 valence electrons. The van der Waals surface area contributed by atoms with Gasteiger partial charge in [-0.15, -0.1) is 0 Å². The lowest BCUT2D eigenvalue weighted by Gasteiger charge is -2.42. The van der Waals surface area contributed by atoms with Gasteiger partial charge in [0.15, 0.2) is 6.10 Å². The van der Waals surface area contributed by atoms with Gasteiger partial charge in [0.1, 0.15) is 0 Å². The Bertz CT molecular complexity index is 376. The molecule has 0 aromatic heterocycles. The van der Waals surface area contributed by atoms with Crippen molar-refractivity contribution in [2.75, 3.05) is 0 Å². The first-order valence-electron chi connectivity index (χ1n) is 9.37. The summed E-state index contributed by atoms with van der Waals surface area (Å²) in [6, 6.07) is 0. The molecule has 0 spiro atoms. The molecule has 0 aromatic rings. The summed E-state index contributed by atoms with van der Waals surface area (Å²) in [4.78, 5) is 34.2. The largest absolute Gasteiger partial charge is 0.262 e. The minimum atomic E-state index is -1.16. The Kier molecular flexibility index (Phi) is 7.87. The molecule has 0 N–H and O–H groups in total. The van der Waals surface area contributed by atoms with Crippen molar-refractivity contribution >= 4 is 0 Å². The Morgan fingerprint density at radius 3 is 1.76 bits per heavy atom. The summed E-state index contributed by atoms with van der Waals surface area (Å²) in [6.45, 7) is 17.5. The molecule has 6 heteroatoms. The Hall–Kier alpha value is -0.240. The van der Waals surface area contributed by atoms with Gasteiger partial charge in [-0.3, -0.25) is 0 Å². The highest BCUT2D eigenvalue weighted by molar-refractivity contribution is 4.84. The predicted molar refractivity (Wildman–Crippen MR) is 95.4 cm³/mol. The van der Waals surface area contributed by atoms with Crippen molar-refractivity contribution in [3.63, 3.8) is 0 Å². The minimum absolute atomic E-state index is 0.390. The van der Waals surface area contributed by atoms with Gasteiger partial charge in [0.2, 0.25) is 0 Å². The van der Waals surface area contributed by atoms with Crippen molar-refractivity contribution in [3.05, 3.63) is 0 Å². The molecule has 1 fully saturated rings. The molecular formula is C19H38O6. The van der Waals surface area contributed by atoms with Gasteiger partial charge in [-0.1, -0.05) is 13.3 Å². The van der Waals surface area contributed by atoms with Crippen molar-refractivity contribution in [2.24, 2.45) is 0 Å². The van der Waals surface area contributed by atoms with E-state index in [-0.39, 0.29) is 5.60 Å². The Balaban J connectivity index is 2.92. The van der Waals surface area contributed by atoms with Crippen LogP contribution in [0.3, 0.4) is 0 Å². The van der Waals surface area contributed by atoms with Crippen LogP contribution in [0, 0.1) is 0 Å². The quantitative estimate of drug-likeness (QED) is 0.334. The van der Waals surface area contributed by atoms with E-state index in [2.05, 4.69) is 6.92 Å². The third-order valence-corrected chi connectivity index (χ3v) is 3.84. The van der Waals surface area contributed by atoms with E-state index in [4.69, 9.17) is 29.3 Å². The van der Waals surface area contributed by atoms with Crippen molar-refractivity contribution in [1.82, 2.24) is 0 Å². The Morgan fingerprint density at radius 2 is 1.32 bits per heavy atom. The molecule has 0 amide bonds. The second kappa shape index (κ2) is 8.63. The maximum Gasteiger partial charge on any atom is 0.262 e. The van der Waals surface area contributed by atoms with Crippen molar-refractivity contribution in [2.45, 2.75) is 123 Å². The van der Waals surface area contributed by atoms with Gasteiger partial charge >= 0.3 is 0 Å². The Labute approximate surface area is 153 Å². The van der Waals surface area contributed by atoms with Crippen molar-refractivity contribution in [3.8, 4) is 0 Å². The number of hydrogen-bond donors (Lipinski definition) is 0. The van der Waals surface area contributed by atoms with E-state index in [0.29, 0.717) is 6.42 Å². The van der Waals surface area contributed by atoms with Gasteiger partial charge < -0.3 is 0 Å². The highest BCUT2D eigenvalue weighted by Gasteiger charge is 2.50. The molecule has 1 rings (SSSR count). The van der Waals surface area contributed by atoms with Crippen LogP contribution in [0.4, 0.5) is 0 Å². The van der Waals surface area contributed by atoms with Crippen LogP contribution >= 0.6 is 0 Å². The van der Waals surface area contributed by atoms with E-state index in [9.17, 15) is 0 Å². The third kappa shape index (κ3) is 8.33. The molecule has 6 nitrogen and oxygen atoms in total. The average molecular weight is 363 g/mol. The van der Waals surface area contributed by atoms with Crippen molar-refractivity contribution in [1.29, 1.82) is 0 Å². The number of hydrogen-bond acceptors (Lipinski definition) is 6. The smallest absolute Gasteiger partial charge is 0.230 e. The lowest BCUT2D eigenvalue weighted by atomic mass is 9.91. The van der Waals surface area contributed by atoms with Gasteiger partial charge in [0.25, 0.3) is 5.79 Å². The lowest BCUT2D eigenvalue weighted by Crippen LogP contribution is -2.53.